The number of carboxylic acids is 1. The van der Waals surface area contributed by atoms with E-state index in [1.54, 1.807) is 0 Å². The fraction of sp³-hybridized carbons (Fsp3) is 0.867. The molecule has 0 aromatic rings. The number of carbonyl (C=O) groups is 2. The van der Waals surface area contributed by atoms with E-state index in [4.69, 9.17) is 5.11 Å². The first-order chi connectivity index (χ1) is 10.2. The Bertz CT molecular complexity index is 444. The van der Waals surface area contributed by atoms with Crippen LogP contribution in [0.25, 0.3) is 0 Å². The first-order valence-corrected chi connectivity index (χ1v) is 7.80. The fourth-order valence-electron chi connectivity index (χ4n) is 3.60. The minimum Gasteiger partial charge on any atom is -0.481 e. The number of hydrogen-bond acceptors (Lipinski definition) is 2. The van der Waals surface area contributed by atoms with Crippen LogP contribution in [0, 0.1) is 17.3 Å². The van der Waals surface area contributed by atoms with Gasteiger partial charge in [0.05, 0.1) is 0 Å². The van der Waals surface area contributed by atoms with Gasteiger partial charge in [0.15, 0.2) is 5.41 Å². The van der Waals surface area contributed by atoms with Crippen molar-refractivity contribution in [1.29, 1.82) is 0 Å². The Morgan fingerprint density at radius 2 is 1.82 bits per heavy atom. The van der Waals surface area contributed by atoms with Crippen molar-refractivity contribution in [3.05, 3.63) is 0 Å². The molecule has 126 valence electrons. The standard InChI is InChI=1S/C15H22F3NO3/c1-2-10-3-5-11(6-4-10)12(20)19-8-7-14(9-19,13(21)22)15(16,17)18/h10-11H,2-9H2,1H3,(H,21,22). The Kier molecular flexibility index (Phi) is 4.73. The molecule has 1 unspecified atom stereocenters. The van der Waals surface area contributed by atoms with E-state index in [1.165, 1.54) is 0 Å². The molecule has 2 rings (SSSR count). The van der Waals surface area contributed by atoms with E-state index in [2.05, 4.69) is 6.92 Å². The molecule has 0 radical (unpaired) electrons. The van der Waals surface area contributed by atoms with E-state index in [0.29, 0.717) is 18.8 Å². The maximum absolute atomic E-state index is 13.1. The third-order valence-electron chi connectivity index (χ3n) is 5.31. The molecule has 1 atom stereocenters. The van der Waals surface area contributed by atoms with Crippen LogP contribution in [0.15, 0.2) is 0 Å². The number of carboxylic acid groups (broad SMARTS) is 1. The molecule has 1 aliphatic heterocycles. The van der Waals surface area contributed by atoms with Crippen LogP contribution in [0.5, 0.6) is 0 Å². The maximum Gasteiger partial charge on any atom is 0.406 e. The third-order valence-corrected chi connectivity index (χ3v) is 5.31. The molecule has 1 N–H and O–H groups in total. The van der Waals surface area contributed by atoms with Crippen molar-refractivity contribution in [2.75, 3.05) is 13.1 Å². The first-order valence-electron chi connectivity index (χ1n) is 7.80. The molecule has 0 spiro atoms. The van der Waals surface area contributed by atoms with E-state index in [0.717, 1.165) is 24.2 Å². The highest BCUT2D eigenvalue weighted by Crippen LogP contribution is 2.46. The summed E-state index contributed by atoms with van der Waals surface area (Å²) in [6, 6.07) is 0. The normalized spacial score (nSPS) is 33.0. The Morgan fingerprint density at radius 1 is 1.23 bits per heavy atom. The van der Waals surface area contributed by atoms with Gasteiger partial charge in [-0.3, -0.25) is 9.59 Å². The Balaban J connectivity index is 2.03. The molecule has 0 aromatic heterocycles. The summed E-state index contributed by atoms with van der Waals surface area (Å²) in [5.74, 6) is -1.84. The Hall–Kier alpha value is -1.27. The van der Waals surface area contributed by atoms with E-state index in [-0.39, 0.29) is 18.4 Å². The lowest BCUT2D eigenvalue weighted by Crippen LogP contribution is -2.48. The van der Waals surface area contributed by atoms with Gasteiger partial charge in [-0.05, 0) is 38.0 Å². The van der Waals surface area contributed by atoms with Crippen LogP contribution in [-0.2, 0) is 9.59 Å². The zero-order valence-corrected chi connectivity index (χ0v) is 12.7. The number of rotatable bonds is 3. The summed E-state index contributed by atoms with van der Waals surface area (Å²) in [6.07, 6.45) is -1.11. The molecule has 0 bridgehead atoms. The molecule has 1 amide bonds. The van der Waals surface area contributed by atoms with Crippen molar-refractivity contribution in [2.24, 2.45) is 17.3 Å². The van der Waals surface area contributed by atoms with Gasteiger partial charge in [0, 0.05) is 19.0 Å². The van der Waals surface area contributed by atoms with Gasteiger partial charge in [0.2, 0.25) is 5.91 Å². The molecule has 2 aliphatic rings. The minimum absolute atomic E-state index is 0.127. The second-order valence-corrected chi connectivity index (χ2v) is 6.52. The van der Waals surface area contributed by atoms with Crippen molar-refractivity contribution in [3.8, 4) is 0 Å². The summed E-state index contributed by atoms with van der Waals surface area (Å²) in [6.45, 7) is 1.22. The van der Waals surface area contributed by atoms with Crippen molar-refractivity contribution in [3.63, 3.8) is 0 Å². The number of halogens is 3. The lowest BCUT2D eigenvalue weighted by molar-refractivity contribution is -0.227. The Labute approximate surface area is 127 Å². The molecule has 1 heterocycles. The van der Waals surface area contributed by atoms with Crippen LogP contribution in [0.3, 0.4) is 0 Å². The average molecular weight is 321 g/mol. The van der Waals surface area contributed by atoms with Crippen LogP contribution in [-0.4, -0.2) is 41.1 Å². The average Bonchev–Trinajstić information content (AvgIpc) is 2.93. The predicted molar refractivity (Wildman–Crippen MR) is 73.1 cm³/mol. The van der Waals surface area contributed by atoms with Gasteiger partial charge in [0.25, 0.3) is 0 Å². The van der Waals surface area contributed by atoms with Gasteiger partial charge < -0.3 is 10.0 Å². The number of aliphatic carboxylic acids is 1. The highest BCUT2D eigenvalue weighted by Gasteiger charge is 2.64. The van der Waals surface area contributed by atoms with Crippen molar-refractivity contribution in [1.82, 2.24) is 4.90 Å². The lowest BCUT2D eigenvalue weighted by atomic mass is 9.80. The van der Waals surface area contributed by atoms with Crippen LogP contribution in [0.1, 0.15) is 45.4 Å². The SMILES string of the molecule is CCC1CCC(C(=O)N2CCC(C(=O)O)(C(F)(F)F)C2)CC1. The number of likely N-dealkylation sites (tertiary alicyclic amines) is 1. The predicted octanol–water partition coefficient (Wildman–Crippen LogP) is 3.07. The summed E-state index contributed by atoms with van der Waals surface area (Å²) in [4.78, 5) is 24.6. The minimum atomic E-state index is -4.84. The number of carbonyl (C=O) groups excluding carboxylic acids is 1. The van der Waals surface area contributed by atoms with E-state index >= 15 is 0 Å². The van der Waals surface area contributed by atoms with E-state index in [9.17, 15) is 22.8 Å². The number of alkyl halides is 3. The fourth-order valence-corrected chi connectivity index (χ4v) is 3.60. The molecule has 4 nitrogen and oxygen atoms in total. The highest BCUT2D eigenvalue weighted by molar-refractivity contribution is 5.82. The quantitative estimate of drug-likeness (QED) is 0.869. The molecular formula is C15H22F3NO3. The monoisotopic (exact) mass is 321 g/mol. The van der Waals surface area contributed by atoms with Gasteiger partial charge in [-0.25, -0.2) is 0 Å². The van der Waals surface area contributed by atoms with Gasteiger partial charge in [-0.15, -0.1) is 0 Å². The second kappa shape index (κ2) is 6.08. The van der Waals surface area contributed by atoms with Crippen LogP contribution >= 0.6 is 0 Å². The molecule has 1 aliphatic carbocycles. The summed E-state index contributed by atoms with van der Waals surface area (Å²) >= 11 is 0. The molecule has 2 fully saturated rings. The van der Waals surface area contributed by atoms with Gasteiger partial charge >= 0.3 is 12.1 Å². The van der Waals surface area contributed by atoms with Crippen molar-refractivity contribution >= 4 is 11.9 Å². The topological polar surface area (TPSA) is 57.6 Å². The first kappa shape index (κ1) is 17.1. The number of hydrogen-bond donors (Lipinski definition) is 1. The van der Waals surface area contributed by atoms with Gasteiger partial charge in [-0.1, -0.05) is 13.3 Å². The summed E-state index contributed by atoms with van der Waals surface area (Å²) in [5, 5.41) is 9.02. The zero-order chi connectivity index (χ0) is 16.5. The summed E-state index contributed by atoms with van der Waals surface area (Å²) < 4.78 is 39.4. The highest BCUT2D eigenvalue weighted by atomic mass is 19.4. The van der Waals surface area contributed by atoms with Gasteiger partial charge in [0.1, 0.15) is 0 Å². The van der Waals surface area contributed by atoms with E-state index < -0.39 is 30.5 Å². The molecule has 22 heavy (non-hydrogen) atoms. The molecular weight excluding hydrogens is 299 g/mol. The Morgan fingerprint density at radius 3 is 2.23 bits per heavy atom. The lowest BCUT2D eigenvalue weighted by Gasteiger charge is -2.31. The van der Waals surface area contributed by atoms with Crippen LogP contribution in [0.2, 0.25) is 0 Å². The third kappa shape index (κ3) is 2.94. The molecule has 0 aromatic carbocycles. The summed E-state index contributed by atoms with van der Waals surface area (Å²) in [7, 11) is 0. The van der Waals surface area contributed by atoms with Crippen molar-refractivity contribution in [2.45, 2.75) is 51.6 Å². The summed E-state index contributed by atoms with van der Waals surface area (Å²) in [5.41, 5.74) is -2.80. The number of amides is 1. The molecule has 1 saturated carbocycles. The van der Waals surface area contributed by atoms with Crippen LogP contribution in [0.4, 0.5) is 13.2 Å². The van der Waals surface area contributed by atoms with Crippen LogP contribution < -0.4 is 0 Å². The zero-order valence-electron chi connectivity index (χ0n) is 12.7. The van der Waals surface area contributed by atoms with E-state index in [1.807, 2.05) is 0 Å². The number of nitrogens with zero attached hydrogens (tertiary/aromatic N) is 1. The van der Waals surface area contributed by atoms with Crippen molar-refractivity contribution < 1.29 is 27.9 Å². The smallest absolute Gasteiger partial charge is 0.406 e. The van der Waals surface area contributed by atoms with Gasteiger partial charge in [-0.2, -0.15) is 13.2 Å². The largest absolute Gasteiger partial charge is 0.481 e. The molecule has 1 saturated heterocycles. The molecule has 7 heteroatoms. The second-order valence-electron chi connectivity index (χ2n) is 6.52. The maximum atomic E-state index is 13.1.